The fraction of sp³-hybridized carbons (Fsp3) is 0.650. The van der Waals surface area contributed by atoms with Crippen LogP contribution < -0.4 is 0 Å². The van der Waals surface area contributed by atoms with Gasteiger partial charge in [-0.1, -0.05) is 19.1 Å². The molecule has 0 amide bonds. The van der Waals surface area contributed by atoms with E-state index in [1.54, 1.807) is 0 Å². The van der Waals surface area contributed by atoms with E-state index < -0.39 is 0 Å². The highest BCUT2D eigenvalue weighted by atomic mass is 16.5. The molecule has 2 heterocycles. The molecule has 0 unspecified atom stereocenters. The Morgan fingerprint density at radius 2 is 1.92 bits per heavy atom. The molecule has 0 aromatic heterocycles. The molecule has 4 nitrogen and oxygen atoms in total. The van der Waals surface area contributed by atoms with Crippen molar-refractivity contribution >= 4 is 0 Å². The monoisotopic (exact) mass is 327 g/mol. The highest BCUT2D eigenvalue weighted by Gasteiger charge is 2.40. The lowest BCUT2D eigenvalue weighted by Gasteiger charge is -2.50. The van der Waals surface area contributed by atoms with E-state index in [1.165, 1.54) is 24.8 Å². The molecule has 24 heavy (non-hydrogen) atoms. The highest BCUT2D eigenvalue weighted by molar-refractivity contribution is 5.31. The largest absolute Gasteiger partial charge is 0.378 e. The van der Waals surface area contributed by atoms with Gasteiger partial charge in [0, 0.05) is 44.9 Å². The first-order chi connectivity index (χ1) is 11.6. The number of rotatable bonds is 4. The molecular weight excluding hydrogens is 298 g/mol. The summed E-state index contributed by atoms with van der Waals surface area (Å²) in [7, 11) is 0. The lowest BCUT2D eigenvalue weighted by atomic mass is 9.82. The summed E-state index contributed by atoms with van der Waals surface area (Å²) in [5.74, 6) is 0. The van der Waals surface area contributed by atoms with Gasteiger partial charge in [0.15, 0.2) is 0 Å². The Bertz CT molecular complexity index is 572. The second-order valence-electron chi connectivity index (χ2n) is 7.29. The lowest BCUT2D eigenvalue weighted by Crippen LogP contribution is -2.59. The summed E-state index contributed by atoms with van der Waals surface area (Å²) in [4.78, 5) is 5.26. The van der Waals surface area contributed by atoms with Crippen molar-refractivity contribution in [3.63, 3.8) is 0 Å². The van der Waals surface area contributed by atoms with Gasteiger partial charge < -0.3 is 4.74 Å². The van der Waals surface area contributed by atoms with Crippen molar-refractivity contribution in [2.75, 3.05) is 32.8 Å². The van der Waals surface area contributed by atoms with Gasteiger partial charge in [-0.2, -0.15) is 5.26 Å². The van der Waals surface area contributed by atoms with Gasteiger partial charge in [-0.05, 0) is 43.9 Å². The Hall–Kier alpha value is -1.41. The molecule has 2 aliphatic rings. The molecule has 130 valence electrons. The molecule has 1 aromatic carbocycles. The maximum absolute atomic E-state index is 8.89. The van der Waals surface area contributed by atoms with Gasteiger partial charge >= 0.3 is 0 Å². The summed E-state index contributed by atoms with van der Waals surface area (Å²) in [6.45, 7) is 11.0. The summed E-state index contributed by atoms with van der Waals surface area (Å²) in [6, 6.07) is 10.2. The fourth-order valence-electron chi connectivity index (χ4n) is 4.30. The molecule has 4 heteroatoms. The first-order valence-corrected chi connectivity index (χ1v) is 9.23. The van der Waals surface area contributed by atoms with Crippen LogP contribution in [0.2, 0.25) is 0 Å². The van der Waals surface area contributed by atoms with Crippen LogP contribution >= 0.6 is 0 Å². The van der Waals surface area contributed by atoms with E-state index in [9.17, 15) is 0 Å². The van der Waals surface area contributed by atoms with Crippen LogP contribution in [0.15, 0.2) is 24.3 Å². The quantitative estimate of drug-likeness (QED) is 0.852. The minimum absolute atomic E-state index is 0.345. The number of nitriles is 1. The van der Waals surface area contributed by atoms with Crippen molar-refractivity contribution in [2.24, 2.45) is 0 Å². The first kappa shape index (κ1) is 17.4. The van der Waals surface area contributed by atoms with Gasteiger partial charge in [0.05, 0.1) is 17.7 Å². The van der Waals surface area contributed by atoms with Crippen LogP contribution in [0, 0.1) is 11.3 Å². The molecule has 0 N–H and O–H groups in total. The molecule has 2 fully saturated rings. The maximum Gasteiger partial charge on any atom is 0.0991 e. The topological polar surface area (TPSA) is 39.5 Å². The SMILES string of the molecule is CC[C@]1(N2CCN(Cc3ccc(C#N)cc3)CC2)CCO[C@H](C)C1. The Morgan fingerprint density at radius 1 is 1.21 bits per heavy atom. The van der Waals surface area contributed by atoms with E-state index in [0.717, 1.165) is 44.9 Å². The number of hydrogen-bond donors (Lipinski definition) is 0. The lowest BCUT2D eigenvalue weighted by molar-refractivity contribution is -0.0814. The van der Waals surface area contributed by atoms with Crippen LogP contribution in [0.1, 0.15) is 44.2 Å². The van der Waals surface area contributed by atoms with Gasteiger partial charge in [-0.25, -0.2) is 0 Å². The van der Waals surface area contributed by atoms with Crippen LogP contribution in [-0.2, 0) is 11.3 Å². The van der Waals surface area contributed by atoms with Gasteiger partial charge in [-0.15, -0.1) is 0 Å². The predicted octanol–water partition coefficient (Wildman–Crippen LogP) is 3.02. The predicted molar refractivity (Wildman–Crippen MR) is 95.7 cm³/mol. The van der Waals surface area contributed by atoms with Crippen LogP contribution in [0.5, 0.6) is 0 Å². The molecule has 0 aliphatic carbocycles. The Balaban J connectivity index is 1.55. The average Bonchev–Trinajstić information content (AvgIpc) is 2.63. The highest BCUT2D eigenvalue weighted by Crippen LogP contribution is 2.34. The van der Waals surface area contributed by atoms with E-state index >= 15 is 0 Å². The molecule has 3 rings (SSSR count). The standard InChI is InChI=1S/C20H29N3O/c1-3-20(8-13-24-17(2)14-20)23-11-9-22(10-12-23)16-19-6-4-18(15-21)5-7-19/h4-7,17H,3,8-14,16H2,1-2H3/t17-,20+/m1/s1. The van der Waals surface area contributed by atoms with Crippen LogP contribution in [0.25, 0.3) is 0 Å². The molecule has 1 aromatic rings. The number of ether oxygens (including phenoxy) is 1. The third-order valence-electron chi connectivity index (χ3n) is 5.83. The Morgan fingerprint density at radius 3 is 2.50 bits per heavy atom. The molecule has 2 saturated heterocycles. The molecule has 0 spiro atoms. The van der Waals surface area contributed by atoms with E-state index in [-0.39, 0.29) is 0 Å². The van der Waals surface area contributed by atoms with Crippen molar-refractivity contribution in [2.45, 2.75) is 51.3 Å². The average molecular weight is 327 g/mol. The Kier molecular flexibility index (Phi) is 5.55. The zero-order chi connectivity index (χ0) is 17.0. The summed E-state index contributed by atoms with van der Waals surface area (Å²) >= 11 is 0. The first-order valence-electron chi connectivity index (χ1n) is 9.23. The van der Waals surface area contributed by atoms with Crippen molar-refractivity contribution in [3.8, 4) is 6.07 Å². The fourth-order valence-corrected chi connectivity index (χ4v) is 4.30. The molecule has 0 bridgehead atoms. The van der Waals surface area contributed by atoms with Gasteiger partial charge in [0.1, 0.15) is 0 Å². The summed E-state index contributed by atoms with van der Waals surface area (Å²) < 4.78 is 5.78. The number of hydrogen-bond acceptors (Lipinski definition) is 4. The molecule has 0 radical (unpaired) electrons. The molecule has 0 saturated carbocycles. The van der Waals surface area contributed by atoms with Crippen molar-refractivity contribution in [3.05, 3.63) is 35.4 Å². The van der Waals surface area contributed by atoms with Crippen LogP contribution in [0.3, 0.4) is 0 Å². The van der Waals surface area contributed by atoms with Crippen molar-refractivity contribution in [1.82, 2.24) is 9.80 Å². The van der Waals surface area contributed by atoms with E-state index in [0.29, 0.717) is 11.6 Å². The number of benzene rings is 1. The van der Waals surface area contributed by atoms with Gasteiger partial charge in [0.2, 0.25) is 0 Å². The summed E-state index contributed by atoms with van der Waals surface area (Å²) in [5.41, 5.74) is 2.38. The van der Waals surface area contributed by atoms with E-state index in [2.05, 4.69) is 41.8 Å². The summed E-state index contributed by atoms with van der Waals surface area (Å²) in [6.07, 6.45) is 3.94. The van der Waals surface area contributed by atoms with Crippen LogP contribution in [0.4, 0.5) is 0 Å². The second-order valence-corrected chi connectivity index (χ2v) is 7.29. The summed E-state index contributed by atoms with van der Waals surface area (Å²) in [5, 5.41) is 8.89. The third kappa shape index (κ3) is 3.80. The Labute approximate surface area is 146 Å². The number of nitrogens with zero attached hydrogens (tertiary/aromatic N) is 3. The minimum Gasteiger partial charge on any atom is -0.378 e. The minimum atomic E-state index is 0.345. The van der Waals surface area contributed by atoms with E-state index in [1.807, 2.05) is 12.1 Å². The third-order valence-corrected chi connectivity index (χ3v) is 5.83. The van der Waals surface area contributed by atoms with Crippen LogP contribution in [-0.4, -0.2) is 54.2 Å². The molecule has 2 aliphatic heterocycles. The maximum atomic E-state index is 8.89. The molecular formula is C20H29N3O. The number of piperazine rings is 1. The zero-order valence-corrected chi connectivity index (χ0v) is 15.0. The zero-order valence-electron chi connectivity index (χ0n) is 15.0. The van der Waals surface area contributed by atoms with Gasteiger partial charge in [0.25, 0.3) is 0 Å². The second kappa shape index (κ2) is 7.65. The van der Waals surface area contributed by atoms with Crippen molar-refractivity contribution in [1.29, 1.82) is 5.26 Å². The normalized spacial score (nSPS) is 29.3. The van der Waals surface area contributed by atoms with E-state index in [4.69, 9.17) is 10.00 Å². The smallest absolute Gasteiger partial charge is 0.0991 e. The van der Waals surface area contributed by atoms with Crippen molar-refractivity contribution < 1.29 is 4.74 Å². The molecule has 2 atom stereocenters. The van der Waals surface area contributed by atoms with Gasteiger partial charge in [-0.3, -0.25) is 9.80 Å².